The first-order valence-corrected chi connectivity index (χ1v) is 17.1. The first kappa shape index (κ1) is 34.3. The first-order valence-electron chi connectivity index (χ1n) is 17.1. The van der Waals surface area contributed by atoms with Crippen molar-refractivity contribution >= 4 is 47.7 Å². The molecule has 0 spiro atoms. The topological polar surface area (TPSA) is 139 Å². The van der Waals surface area contributed by atoms with Crippen molar-refractivity contribution in [3.63, 3.8) is 0 Å². The van der Waals surface area contributed by atoms with Gasteiger partial charge in [-0.2, -0.15) is 28.1 Å². The van der Waals surface area contributed by atoms with Crippen LogP contribution in [-0.2, 0) is 10.3 Å². The number of ether oxygens (including phenoxy) is 1. The predicted octanol–water partition coefficient (Wildman–Crippen LogP) is 3.17. The SMILES string of the molecule is CN1CCN(CCOc2ccc(N3CCN(C(=O)[C@](C)(c4ccccc4)n4ncc5c4nc(N)n4nc(-c6ccco6)nc54)CC3)cc2)CC1.S. The van der Waals surface area contributed by atoms with Crippen molar-refractivity contribution in [2.75, 3.05) is 83.2 Å². The van der Waals surface area contributed by atoms with Gasteiger partial charge in [0.1, 0.15) is 12.4 Å². The van der Waals surface area contributed by atoms with Crippen LogP contribution in [0.1, 0.15) is 12.5 Å². The molecule has 2 aliphatic heterocycles. The summed E-state index contributed by atoms with van der Waals surface area (Å²) in [6, 6.07) is 21.5. The number of anilines is 2. The van der Waals surface area contributed by atoms with E-state index in [0.717, 1.165) is 49.7 Å². The molecule has 266 valence electrons. The molecule has 2 N–H and O–H groups in total. The van der Waals surface area contributed by atoms with Gasteiger partial charge < -0.3 is 29.6 Å². The van der Waals surface area contributed by atoms with Crippen LogP contribution >= 0.6 is 13.5 Å². The van der Waals surface area contributed by atoms with Crippen molar-refractivity contribution in [1.82, 2.24) is 44.1 Å². The number of carbonyl (C=O) groups is 1. The normalized spacial score (nSPS) is 17.1. The summed E-state index contributed by atoms with van der Waals surface area (Å²) >= 11 is 0. The van der Waals surface area contributed by atoms with E-state index in [1.54, 1.807) is 29.3 Å². The van der Waals surface area contributed by atoms with E-state index in [9.17, 15) is 4.79 Å². The molecule has 2 aliphatic rings. The van der Waals surface area contributed by atoms with Crippen molar-refractivity contribution in [3.05, 3.63) is 84.8 Å². The number of rotatable bonds is 9. The second-order valence-electron chi connectivity index (χ2n) is 13.1. The molecule has 14 nitrogen and oxygen atoms in total. The maximum absolute atomic E-state index is 14.7. The Morgan fingerprint density at radius 3 is 2.35 bits per heavy atom. The summed E-state index contributed by atoms with van der Waals surface area (Å²) < 4.78 is 14.7. The molecule has 51 heavy (non-hydrogen) atoms. The van der Waals surface area contributed by atoms with Crippen LogP contribution in [0.3, 0.4) is 0 Å². The Hall–Kier alpha value is -5.12. The number of fused-ring (bicyclic) bond motifs is 3. The fraction of sp³-hybridized carbons (Fsp3) is 0.361. The van der Waals surface area contributed by atoms with E-state index in [0.29, 0.717) is 61.1 Å². The van der Waals surface area contributed by atoms with Gasteiger partial charge in [-0.05, 0) is 55.9 Å². The molecular weight excluding hydrogens is 667 g/mol. The predicted molar refractivity (Wildman–Crippen MR) is 200 cm³/mol. The lowest BCUT2D eigenvalue weighted by molar-refractivity contribution is -0.138. The van der Waals surface area contributed by atoms with Crippen molar-refractivity contribution in [1.29, 1.82) is 0 Å². The van der Waals surface area contributed by atoms with Crippen LogP contribution in [0.25, 0.3) is 28.3 Å². The molecule has 2 saturated heterocycles. The number of aromatic nitrogens is 6. The number of nitrogen functional groups attached to an aromatic ring is 1. The fourth-order valence-corrected chi connectivity index (χ4v) is 6.94. The molecule has 0 saturated carbocycles. The quantitative estimate of drug-likeness (QED) is 0.237. The van der Waals surface area contributed by atoms with Crippen molar-refractivity contribution in [2.24, 2.45) is 0 Å². The van der Waals surface area contributed by atoms with E-state index < -0.39 is 5.54 Å². The van der Waals surface area contributed by atoms with Gasteiger partial charge in [-0.3, -0.25) is 9.69 Å². The van der Waals surface area contributed by atoms with Gasteiger partial charge in [-0.1, -0.05) is 30.3 Å². The smallest absolute Gasteiger partial charge is 0.255 e. The lowest BCUT2D eigenvalue weighted by Crippen LogP contribution is -2.56. The van der Waals surface area contributed by atoms with Gasteiger partial charge in [0.2, 0.25) is 11.8 Å². The van der Waals surface area contributed by atoms with Crippen LogP contribution in [0.2, 0.25) is 0 Å². The van der Waals surface area contributed by atoms with Crippen LogP contribution in [0.4, 0.5) is 11.6 Å². The zero-order valence-electron chi connectivity index (χ0n) is 28.9. The molecule has 6 heterocycles. The second kappa shape index (κ2) is 14.2. The maximum Gasteiger partial charge on any atom is 0.255 e. The number of furan rings is 1. The van der Waals surface area contributed by atoms with Gasteiger partial charge in [0, 0.05) is 64.6 Å². The zero-order valence-corrected chi connectivity index (χ0v) is 29.9. The Morgan fingerprint density at radius 1 is 0.902 bits per heavy atom. The minimum atomic E-state index is -1.21. The number of nitrogens with zero attached hydrogens (tertiary/aromatic N) is 10. The third-order valence-electron chi connectivity index (χ3n) is 9.99. The standard InChI is InChI=1S/C36H41N11O3.H2S/c1-36(26-7-4-3-5-8-26,47-33-29(25-38-47)32-39-31(30-9-6-23-50-30)41-46(32)35(37)40-33)34(48)45-20-18-44(19-21-45)27-10-12-28(13-11-27)49-24-22-43-16-14-42(2)15-17-43;/h3-13,23,25H,14-22,24H2,1-2H3,(H2,37,40);1H2/t36-;/m0./s1. The summed E-state index contributed by atoms with van der Waals surface area (Å²) in [5.41, 5.74) is 8.03. The maximum atomic E-state index is 14.7. The summed E-state index contributed by atoms with van der Waals surface area (Å²) in [4.78, 5) is 33.1. The van der Waals surface area contributed by atoms with Crippen molar-refractivity contribution < 1.29 is 13.9 Å². The van der Waals surface area contributed by atoms with Gasteiger partial charge in [0.05, 0.1) is 17.8 Å². The number of amides is 1. The highest BCUT2D eigenvalue weighted by Crippen LogP contribution is 2.34. The number of likely N-dealkylation sites (N-methyl/N-ethyl adjacent to an activating group) is 1. The van der Waals surface area contributed by atoms with E-state index in [4.69, 9.17) is 30.0 Å². The Labute approximate surface area is 302 Å². The third kappa shape index (κ3) is 6.48. The largest absolute Gasteiger partial charge is 0.492 e. The lowest BCUT2D eigenvalue weighted by Gasteiger charge is -2.40. The number of nitrogens with two attached hydrogens (primary N) is 1. The van der Waals surface area contributed by atoms with E-state index in [1.165, 1.54) is 4.52 Å². The van der Waals surface area contributed by atoms with Gasteiger partial charge in [0.15, 0.2) is 22.6 Å². The molecule has 0 radical (unpaired) electrons. The van der Waals surface area contributed by atoms with Crippen LogP contribution in [0.15, 0.2) is 83.6 Å². The lowest BCUT2D eigenvalue weighted by atomic mass is 9.90. The molecule has 0 bridgehead atoms. The van der Waals surface area contributed by atoms with Crippen LogP contribution in [-0.4, -0.2) is 123 Å². The third-order valence-corrected chi connectivity index (χ3v) is 9.99. The highest BCUT2D eigenvalue weighted by Gasteiger charge is 2.43. The highest BCUT2D eigenvalue weighted by molar-refractivity contribution is 7.59. The first-order chi connectivity index (χ1) is 24.4. The summed E-state index contributed by atoms with van der Waals surface area (Å²) in [5.74, 6) is 1.82. The monoisotopic (exact) mass is 709 g/mol. The van der Waals surface area contributed by atoms with Crippen molar-refractivity contribution in [2.45, 2.75) is 12.5 Å². The highest BCUT2D eigenvalue weighted by atomic mass is 32.1. The molecular formula is C36H43N11O3S. The molecule has 15 heteroatoms. The Balaban J connectivity index is 0.00000406. The minimum absolute atomic E-state index is 0. The minimum Gasteiger partial charge on any atom is -0.492 e. The number of hydrogen-bond acceptors (Lipinski definition) is 11. The summed E-state index contributed by atoms with van der Waals surface area (Å²) in [6.07, 6.45) is 3.24. The molecule has 1 atom stereocenters. The van der Waals surface area contributed by atoms with Crippen LogP contribution in [0.5, 0.6) is 5.75 Å². The molecule has 6 aromatic rings. The van der Waals surface area contributed by atoms with Gasteiger partial charge in [-0.15, -0.1) is 5.10 Å². The average molecular weight is 710 g/mol. The molecule has 4 aromatic heterocycles. The summed E-state index contributed by atoms with van der Waals surface area (Å²) in [6.45, 7) is 10.4. The molecule has 1 amide bonds. The van der Waals surface area contributed by atoms with Crippen LogP contribution in [0, 0.1) is 0 Å². The molecule has 8 rings (SSSR count). The van der Waals surface area contributed by atoms with Crippen molar-refractivity contribution in [3.8, 4) is 17.3 Å². The van der Waals surface area contributed by atoms with E-state index in [-0.39, 0.29) is 25.4 Å². The summed E-state index contributed by atoms with van der Waals surface area (Å²) in [5, 5.41) is 9.90. The average Bonchev–Trinajstić information content (AvgIpc) is 3.94. The van der Waals surface area contributed by atoms with Crippen LogP contribution < -0.4 is 15.4 Å². The Bertz CT molecular complexity index is 2090. The van der Waals surface area contributed by atoms with E-state index in [1.807, 2.05) is 54.3 Å². The fourth-order valence-electron chi connectivity index (χ4n) is 6.94. The van der Waals surface area contributed by atoms with E-state index in [2.05, 4.69) is 39.0 Å². The number of carbonyl (C=O) groups excluding carboxylic acids is 1. The van der Waals surface area contributed by atoms with Gasteiger partial charge in [0.25, 0.3) is 5.91 Å². The Kier molecular flexibility index (Phi) is 9.59. The number of hydrogen-bond donors (Lipinski definition) is 1. The second-order valence-corrected chi connectivity index (χ2v) is 13.1. The molecule has 0 aliphatic carbocycles. The molecule has 2 aromatic carbocycles. The molecule has 0 unspecified atom stereocenters. The molecule has 2 fully saturated rings. The Morgan fingerprint density at radius 2 is 1.65 bits per heavy atom. The van der Waals surface area contributed by atoms with Gasteiger partial charge >= 0.3 is 0 Å². The number of benzene rings is 2. The summed E-state index contributed by atoms with van der Waals surface area (Å²) in [7, 11) is 2.17. The van der Waals surface area contributed by atoms with E-state index >= 15 is 0 Å². The number of piperazine rings is 2. The zero-order chi connectivity index (χ0) is 34.2. The van der Waals surface area contributed by atoms with Gasteiger partial charge in [-0.25, -0.2) is 9.67 Å².